The van der Waals surface area contributed by atoms with Gasteiger partial charge in [-0.25, -0.2) is 9.59 Å². The Balaban J connectivity index is 2.28. The summed E-state index contributed by atoms with van der Waals surface area (Å²) in [6, 6.07) is 8.54. The Morgan fingerprint density at radius 2 is 1.67 bits per heavy atom. The third kappa shape index (κ3) is 4.12. The van der Waals surface area contributed by atoms with Gasteiger partial charge in [-0.1, -0.05) is 18.2 Å². The summed E-state index contributed by atoms with van der Waals surface area (Å²) in [7, 11) is 0. The molecule has 5 nitrogen and oxygen atoms in total. The molecular weight excluding hydrogens is 198 g/mol. The summed E-state index contributed by atoms with van der Waals surface area (Å²) in [5.41, 5.74) is 5.17. The number of rotatable bonds is 4. The van der Waals surface area contributed by atoms with Crippen molar-refractivity contribution in [3.8, 4) is 0 Å². The molecular formula is C10H11NO4. The molecule has 0 saturated heterocycles. The molecule has 80 valence electrons. The highest BCUT2D eigenvalue weighted by Crippen LogP contribution is 2.00. The number of primary amides is 1. The van der Waals surface area contributed by atoms with E-state index in [2.05, 4.69) is 4.74 Å². The Morgan fingerprint density at radius 3 is 2.27 bits per heavy atom. The van der Waals surface area contributed by atoms with Gasteiger partial charge in [0.2, 0.25) is 0 Å². The van der Waals surface area contributed by atoms with Crippen LogP contribution in [-0.4, -0.2) is 25.3 Å². The SMILES string of the molecule is NC(=O)OCCOC(=O)c1ccccc1. The fourth-order valence-corrected chi connectivity index (χ4v) is 0.934. The van der Waals surface area contributed by atoms with E-state index < -0.39 is 12.1 Å². The van der Waals surface area contributed by atoms with E-state index in [0.717, 1.165) is 0 Å². The monoisotopic (exact) mass is 209 g/mol. The number of esters is 1. The van der Waals surface area contributed by atoms with E-state index in [1.807, 2.05) is 0 Å². The second-order valence-corrected chi connectivity index (χ2v) is 2.67. The maximum absolute atomic E-state index is 11.3. The van der Waals surface area contributed by atoms with Gasteiger partial charge in [0.25, 0.3) is 0 Å². The number of amides is 1. The van der Waals surface area contributed by atoms with Crippen LogP contribution < -0.4 is 5.73 Å². The second kappa shape index (κ2) is 5.64. The van der Waals surface area contributed by atoms with Crippen LogP contribution in [0.5, 0.6) is 0 Å². The van der Waals surface area contributed by atoms with E-state index in [0.29, 0.717) is 5.56 Å². The summed E-state index contributed by atoms with van der Waals surface area (Å²) in [6.07, 6.45) is -0.884. The highest BCUT2D eigenvalue weighted by molar-refractivity contribution is 5.89. The van der Waals surface area contributed by atoms with E-state index in [9.17, 15) is 9.59 Å². The predicted octanol–water partition coefficient (Wildman–Crippen LogP) is 0.939. The van der Waals surface area contributed by atoms with Crippen molar-refractivity contribution in [1.82, 2.24) is 0 Å². The van der Waals surface area contributed by atoms with Crippen molar-refractivity contribution < 1.29 is 19.1 Å². The lowest BCUT2D eigenvalue weighted by Gasteiger charge is -2.04. The lowest BCUT2D eigenvalue weighted by Crippen LogP contribution is -2.18. The van der Waals surface area contributed by atoms with Gasteiger partial charge in [0, 0.05) is 0 Å². The largest absolute Gasteiger partial charge is 0.458 e. The number of carbonyl (C=O) groups is 2. The van der Waals surface area contributed by atoms with Crippen LogP contribution >= 0.6 is 0 Å². The van der Waals surface area contributed by atoms with Gasteiger partial charge < -0.3 is 15.2 Å². The molecule has 0 spiro atoms. The number of hydrogen-bond donors (Lipinski definition) is 1. The summed E-state index contributed by atoms with van der Waals surface area (Å²) in [4.78, 5) is 21.5. The molecule has 15 heavy (non-hydrogen) atoms. The number of benzene rings is 1. The Bertz CT molecular complexity index is 337. The first kappa shape index (κ1) is 11.0. The van der Waals surface area contributed by atoms with Crippen molar-refractivity contribution in [2.45, 2.75) is 0 Å². The fourth-order valence-electron chi connectivity index (χ4n) is 0.934. The van der Waals surface area contributed by atoms with Crippen LogP contribution in [0, 0.1) is 0 Å². The van der Waals surface area contributed by atoms with E-state index >= 15 is 0 Å². The first-order chi connectivity index (χ1) is 7.20. The Kier molecular flexibility index (Phi) is 4.15. The molecule has 0 bridgehead atoms. The minimum atomic E-state index is -0.884. The lowest BCUT2D eigenvalue weighted by atomic mass is 10.2. The molecule has 0 aliphatic heterocycles. The smallest absolute Gasteiger partial charge is 0.404 e. The summed E-state index contributed by atoms with van der Waals surface area (Å²) >= 11 is 0. The van der Waals surface area contributed by atoms with E-state index in [4.69, 9.17) is 10.5 Å². The molecule has 0 saturated carbocycles. The van der Waals surface area contributed by atoms with E-state index in [1.54, 1.807) is 30.3 Å². The third-order valence-corrected chi connectivity index (χ3v) is 1.57. The first-order valence-corrected chi connectivity index (χ1v) is 4.34. The van der Waals surface area contributed by atoms with Gasteiger partial charge in [-0.2, -0.15) is 0 Å². The molecule has 0 aromatic heterocycles. The Labute approximate surface area is 86.8 Å². The quantitative estimate of drug-likeness (QED) is 0.591. The highest BCUT2D eigenvalue weighted by atomic mass is 16.6. The standard InChI is InChI=1S/C10H11NO4/c11-10(13)15-7-6-14-9(12)8-4-2-1-3-5-8/h1-5H,6-7H2,(H2,11,13). The lowest BCUT2D eigenvalue weighted by molar-refractivity contribution is 0.0408. The first-order valence-electron chi connectivity index (χ1n) is 4.34. The average Bonchev–Trinajstić information content (AvgIpc) is 2.25. The van der Waals surface area contributed by atoms with Gasteiger partial charge in [0.15, 0.2) is 0 Å². The summed E-state index contributed by atoms with van der Waals surface area (Å²) in [5.74, 6) is -0.455. The van der Waals surface area contributed by atoms with Crippen molar-refractivity contribution in [3.05, 3.63) is 35.9 Å². The fraction of sp³-hybridized carbons (Fsp3) is 0.200. The molecule has 0 atom stereocenters. The zero-order chi connectivity index (χ0) is 11.1. The number of ether oxygens (including phenoxy) is 2. The normalized spacial score (nSPS) is 9.33. The van der Waals surface area contributed by atoms with Crippen molar-refractivity contribution >= 4 is 12.1 Å². The molecule has 0 aliphatic rings. The van der Waals surface area contributed by atoms with Gasteiger partial charge in [-0.05, 0) is 12.1 Å². The number of carbonyl (C=O) groups excluding carboxylic acids is 2. The van der Waals surface area contributed by atoms with Crippen LogP contribution in [0.1, 0.15) is 10.4 Å². The molecule has 1 aromatic carbocycles. The van der Waals surface area contributed by atoms with Crippen LogP contribution in [0.25, 0.3) is 0 Å². The van der Waals surface area contributed by atoms with Gasteiger partial charge in [0.1, 0.15) is 13.2 Å². The molecule has 0 heterocycles. The number of hydrogen-bond acceptors (Lipinski definition) is 4. The predicted molar refractivity (Wildman–Crippen MR) is 52.3 cm³/mol. The van der Waals surface area contributed by atoms with Gasteiger partial charge in [-0.3, -0.25) is 0 Å². The molecule has 1 aromatic rings. The Morgan fingerprint density at radius 1 is 1.07 bits per heavy atom. The summed E-state index contributed by atoms with van der Waals surface area (Å²) in [5, 5.41) is 0. The van der Waals surface area contributed by atoms with Crippen molar-refractivity contribution in [2.75, 3.05) is 13.2 Å². The third-order valence-electron chi connectivity index (χ3n) is 1.57. The zero-order valence-corrected chi connectivity index (χ0v) is 8.01. The van der Waals surface area contributed by atoms with E-state index in [1.165, 1.54) is 0 Å². The zero-order valence-electron chi connectivity index (χ0n) is 8.01. The number of nitrogens with two attached hydrogens (primary N) is 1. The molecule has 0 fully saturated rings. The maximum atomic E-state index is 11.3. The molecule has 0 aliphatic carbocycles. The average molecular weight is 209 g/mol. The van der Waals surface area contributed by atoms with Gasteiger partial charge in [0.05, 0.1) is 5.56 Å². The summed E-state index contributed by atoms with van der Waals surface area (Å²) < 4.78 is 9.20. The van der Waals surface area contributed by atoms with Crippen LogP contribution in [0.15, 0.2) is 30.3 Å². The van der Waals surface area contributed by atoms with Gasteiger partial charge in [-0.15, -0.1) is 0 Å². The molecule has 5 heteroatoms. The topological polar surface area (TPSA) is 78.6 Å². The maximum Gasteiger partial charge on any atom is 0.404 e. The van der Waals surface area contributed by atoms with E-state index in [-0.39, 0.29) is 13.2 Å². The van der Waals surface area contributed by atoms with Crippen molar-refractivity contribution in [1.29, 1.82) is 0 Å². The van der Waals surface area contributed by atoms with Crippen molar-refractivity contribution in [2.24, 2.45) is 5.73 Å². The van der Waals surface area contributed by atoms with Crippen molar-refractivity contribution in [3.63, 3.8) is 0 Å². The molecule has 1 amide bonds. The van der Waals surface area contributed by atoms with Gasteiger partial charge >= 0.3 is 12.1 Å². The highest BCUT2D eigenvalue weighted by Gasteiger charge is 2.05. The summed E-state index contributed by atoms with van der Waals surface area (Å²) in [6.45, 7) is -0.0371. The minimum Gasteiger partial charge on any atom is -0.458 e. The van der Waals surface area contributed by atoms with Crippen LogP contribution in [0.4, 0.5) is 4.79 Å². The minimum absolute atomic E-state index is 0.00331. The van der Waals surface area contributed by atoms with Crippen LogP contribution in [0.3, 0.4) is 0 Å². The van der Waals surface area contributed by atoms with Crippen LogP contribution in [0.2, 0.25) is 0 Å². The molecule has 1 rings (SSSR count). The molecule has 0 radical (unpaired) electrons. The Hall–Kier alpha value is -2.04. The van der Waals surface area contributed by atoms with Crippen LogP contribution in [-0.2, 0) is 9.47 Å². The molecule has 0 unspecified atom stereocenters. The molecule has 2 N–H and O–H groups in total. The second-order valence-electron chi connectivity index (χ2n) is 2.67.